The average Bonchev–Trinajstić information content (AvgIpc) is 3.71. The van der Waals surface area contributed by atoms with Crippen molar-refractivity contribution in [3.8, 4) is 0 Å². The maximum Gasteiger partial charge on any atom is 0.267 e. The van der Waals surface area contributed by atoms with Crippen molar-refractivity contribution in [2.24, 2.45) is 0 Å². The molecule has 0 spiro atoms. The van der Waals surface area contributed by atoms with Gasteiger partial charge in [0.25, 0.3) is 21.9 Å². The highest BCUT2D eigenvalue weighted by molar-refractivity contribution is 7.85. The molecule has 2 aliphatic rings. The van der Waals surface area contributed by atoms with Crippen LogP contribution in [0.1, 0.15) is 32.1 Å². The van der Waals surface area contributed by atoms with Crippen molar-refractivity contribution in [1.29, 1.82) is 0 Å². The molecule has 17 heteroatoms. The predicted molar refractivity (Wildman–Crippen MR) is 182 cm³/mol. The standard InChI is InChI=1S/C33H39N7O9S/c41-27(34-16-19-49-20-18-40-28(42)10-11-29(40)43)7-1-2-13-37-32(44)24(21-50(46,47)48)38-33(45)26-6-4-17-39(26)25-12-15-36-31-23(25)9-8-22-5-3-14-35-30(22)31/h3,5,8-12,14-15,24,26H,1-2,4,6-7,13,16-21H2,(H,34,41)(H,37,44)(H,38,45)(H,46,47,48). The Morgan fingerprint density at radius 2 is 1.74 bits per heavy atom. The Labute approximate surface area is 288 Å². The summed E-state index contributed by atoms with van der Waals surface area (Å²) in [5.74, 6) is -3.34. The summed E-state index contributed by atoms with van der Waals surface area (Å²) in [6, 6.07) is 7.20. The van der Waals surface area contributed by atoms with Gasteiger partial charge in [0.05, 0.1) is 30.8 Å². The summed E-state index contributed by atoms with van der Waals surface area (Å²) >= 11 is 0. The molecule has 2 atom stereocenters. The lowest BCUT2D eigenvalue weighted by Crippen LogP contribution is -2.54. The summed E-state index contributed by atoms with van der Waals surface area (Å²) in [6.07, 6.45) is 7.85. The molecule has 2 aliphatic heterocycles. The number of ether oxygens (including phenoxy) is 1. The quantitative estimate of drug-likeness (QED) is 0.0651. The van der Waals surface area contributed by atoms with E-state index in [1.165, 1.54) is 12.2 Å². The molecule has 0 saturated carbocycles. The van der Waals surface area contributed by atoms with Gasteiger partial charge in [-0.25, -0.2) is 0 Å². The van der Waals surface area contributed by atoms with Crippen molar-refractivity contribution in [1.82, 2.24) is 30.8 Å². The van der Waals surface area contributed by atoms with Crippen molar-refractivity contribution in [3.63, 3.8) is 0 Å². The van der Waals surface area contributed by atoms with Crippen molar-refractivity contribution in [2.75, 3.05) is 50.0 Å². The zero-order valence-corrected chi connectivity index (χ0v) is 28.1. The molecule has 1 fully saturated rings. The number of imide groups is 1. The lowest BCUT2D eigenvalue weighted by Gasteiger charge is -2.28. The van der Waals surface area contributed by atoms with Crippen LogP contribution in [0.4, 0.5) is 5.69 Å². The summed E-state index contributed by atoms with van der Waals surface area (Å²) < 4.78 is 38.5. The molecular weight excluding hydrogens is 670 g/mol. The number of carbonyl (C=O) groups excluding carboxylic acids is 5. The van der Waals surface area contributed by atoms with Gasteiger partial charge < -0.3 is 25.6 Å². The van der Waals surface area contributed by atoms with E-state index < -0.39 is 39.8 Å². The molecule has 0 radical (unpaired) electrons. The lowest BCUT2D eigenvalue weighted by atomic mass is 10.1. The zero-order chi connectivity index (χ0) is 35.7. The predicted octanol–water partition coefficient (Wildman–Crippen LogP) is 0.469. The van der Waals surface area contributed by atoms with Crippen LogP contribution < -0.4 is 20.9 Å². The van der Waals surface area contributed by atoms with Crippen molar-refractivity contribution in [3.05, 3.63) is 54.9 Å². The van der Waals surface area contributed by atoms with E-state index in [1.54, 1.807) is 12.4 Å². The second-order valence-corrected chi connectivity index (χ2v) is 13.4. The van der Waals surface area contributed by atoms with Crippen LogP contribution in [0.2, 0.25) is 0 Å². The number of hydrogen-bond acceptors (Lipinski definition) is 11. The number of nitrogens with zero attached hydrogens (tertiary/aromatic N) is 4. The monoisotopic (exact) mass is 709 g/mol. The number of aromatic nitrogens is 2. The molecule has 5 rings (SSSR count). The molecule has 0 bridgehead atoms. The van der Waals surface area contributed by atoms with Gasteiger partial charge >= 0.3 is 0 Å². The van der Waals surface area contributed by atoms with Crippen molar-refractivity contribution < 1.29 is 41.7 Å². The van der Waals surface area contributed by atoms with Gasteiger partial charge in [0.2, 0.25) is 17.7 Å². The number of anilines is 1. The minimum atomic E-state index is -4.63. The van der Waals surface area contributed by atoms with Crippen LogP contribution >= 0.6 is 0 Å². The van der Waals surface area contributed by atoms with Crippen LogP contribution in [0.15, 0.2) is 54.9 Å². The summed E-state index contributed by atoms with van der Waals surface area (Å²) in [5.41, 5.74) is 2.17. The van der Waals surface area contributed by atoms with Gasteiger partial charge in [-0.05, 0) is 43.9 Å². The van der Waals surface area contributed by atoms with Crippen molar-refractivity contribution in [2.45, 2.75) is 44.2 Å². The highest BCUT2D eigenvalue weighted by atomic mass is 32.2. The molecule has 4 heterocycles. The number of benzene rings is 1. The SMILES string of the molecule is O=C(CCCCNC(=O)C(CS(=O)(=O)O)NC(=O)C1CCCN1c1ccnc2c1ccc1cccnc12)NCCOCCN1C(=O)C=CC1=O. The minimum Gasteiger partial charge on any atom is -0.378 e. The topological polar surface area (TPSA) is 217 Å². The summed E-state index contributed by atoms with van der Waals surface area (Å²) in [7, 11) is -4.63. The number of hydrogen-bond donors (Lipinski definition) is 4. The van der Waals surface area contributed by atoms with Gasteiger partial charge in [-0.3, -0.25) is 43.4 Å². The second kappa shape index (κ2) is 16.6. The van der Waals surface area contributed by atoms with Crippen LogP contribution in [-0.2, 0) is 38.8 Å². The van der Waals surface area contributed by atoms with Gasteiger partial charge in [0.15, 0.2) is 0 Å². The average molecular weight is 710 g/mol. The number of fused-ring (bicyclic) bond motifs is 3. The molecular formula is C33H39N7O9S. The van der Waals surface area contributed by atoms with Gasteiger partial charge in [0, 0.05) is 67.1 Å². The highest BCUT2D eigenvalue weighted by Gasteiger charge is 2.35. The third-order valence-corrected chi connectivity index (χ3v) is 9.15. The number of nitrogens with one attached hydrogen (secondary N) is 3. The smallest absolute Gasteiger partial charge is 0.267 e. The molecule has 5 amide bonds. The number of unbranched alkanes of at least 4 members (excludes halogenated alkanes) is 1. The summed E-state index contributed by atoms with van der Waals surface area (Å²) in [4.78, 5) is 73.6. The first-order chi connectivity index (χ1) is 24.0. The van der Waals surface area contributed by atoms with Crippen molar-refractivity contribution >= 4 is 67.1 Å². The molecule has 2 aromatic heterocycles. The molecule has 3 aromatic rings. The first-order valence-electron chi connectivity index (χ1n) is 16.3. The Morgan fingerprint density at radius 3 is 2.52 bits per heavy atom. The van der Waals surface area contributed by atoms with E-state index >= 15 is 0 Å². The first kappa shape index (κ1) is 36.3. The fraction of sp³-hybridized carbons (Fsp3) is 0.424. The number of carbonyl (C=O) groups is 5. The van der Waals surface area contributed by atoms with Gasteiger partial charge in [-0.2, -0.15) is 8.42 Å². The highest BCUT2D eigenvalue weighted by Crippen LogP contribution is 2.34. The van der Waals surface area contributed by atoms with Gasteiger partial charge in [-0.1, -0.05) is 12.1 Å². The molecule has 266 valence electrons. The number of amides is 5. The third-order valence-electron chi connectivity index (χ3n) is 8.39. The Hall–Kier alpha value is -5.00. The maximum absolute atomic E-state index is 13.5. The zero-order valence-electron chi connectivity index (χ0n) is 27.2. The number of pyridine rings is 2. The second-order valence-electron chi connectivity index (χ2n) is 11.9. The Balaban J connectivity index is 1.07. The summed E-state index contributed by atoms with van der Waals surface area (Å²) in [6.45, 7) is 1.35. The van der Waals surface area contributed by atoms with E-state index in [0.29, 0.717) is 37.7 Å². The van der Waals surface area contributed by atoms with Crippen LogP contribution in [0.5, 0.6) is 0 Å². The maximum atomic E-state index is 13.5. The fourth-order valence-corrected chi connectivity index (χ4v) is 6.64. The van der Waals surface area contributed by atoms with Gasteiger partial charge in [0.1, 0.15) is 17.8 Å². The fourth-order valence-electron chi connectivity index (χ4n) is 5.98. The Bertz CT molecular complexity index is 1880. The van der Waals surface area contributed by atoms with E-state index in [1.807, 2.05) is 35.2 Å². The van der Waals surface area contributed by atoms with Crippen LogP contribution in [-0.4, -0.2) is 115 Å². The lowest BCUT2D eigenvalue weighted by molar-refractivity contribution is -0.137. The molecule has 16 nitrogen and oxygen atoms in total. The largest absolute Gasteiger partial charge is 0.378 e. The molecule has 2 unspecified atom stereocenters. The first-order valence-corrected chi connectivity index (χ1v) is 17.9. The van der Waals surface area contributed by atoms with E-state index in [2.05, 4.69) is 25.9 Å². The molecule has 4 N–H and O–H groups in total. The van der Waals surface area contributed by atoms with E-state index in [-0.39, 0.29) is 57.0 Å². The van der Waals surface area contributed by atoms with E-state index in [9.17, 15) is 36.9 Å². The molecule has 1 saturated heterocycles. The third kappa shape index (κ3) is 9.36. The minimum absolute atomic E-state index is 0.108. The molecule has 1 aromatic carbocycles. The summed E-state index contributed by atoms with van der Waals surface area (Å²) in [5, 5.41) is 9.54. The van der Waals surface area contributed by atoms with Gasteiger partial charge in [-0.15, -0.1) is 0 Å². The van der Waals surface area contributed by atoms with Crippen LogP contribution in [0.25, 0.3) is 21.8 Å². The number of rotatable bonds is 17. The molecule has 0 aliphatic carbocycles. The van der Waals surface area contributed by atoms with Crippen LogP contribution in [0, 0.1) is 0 Å². The Morgan fingerprint density at radius 1 is 0.960 bits per heavy atom. The Kier molecular flexibility index (Phi) is 12.0. The normalized spacial score (nSPS) is 16.7. The molecule has 50 heavy (non-hydrogen) atoms. The van der Waals surface area contributed by atoms with E-state index in [0.717, 1.165) is 26.9 Å². The van der Waals surface area contributed by atoms with E-state index in [4.69, 9.17) is 4.74 Å². The van der Waals surface area contributed by atoms with Crippen LogP contribution in [0.3, 0.4) is 0 Å².